The van der Waals surface area contributed by atoms with Crippen LogP contribution in [-0.4, -0.2) is 30.7 Å². The third-order valence-corrected chi connectivity index (χ3v) is 5.80. The summed E-state index contributed by atoms with van der Waals surface area (Å²) in [5.41, 5.74) is 4.50. The molecular formula is C21H20ClN5OS. The number of ketones is 1. The van der Waals surface area contributed by atoms with Gasteiger partial charge in [-0.3, -0.25) is 4.79 Å². The highest BCUT2D eigenvalue weighted by molar-refractivity contribution is 7.18. The van der Waals surface area contributed by atoms with Crippen LogP contribution in [0.5, 0.6) is 0 Å². The van der Waals surface area contributed by atoms with Gasteiger partial charge in [0.25, 0.3) is 0 Å². The summed E-state index contributed by atoms with van der Waals surface area (Å²) in [4.78, 5) is 24.6. The monoisotopic (exact) mass is 425 g/mol. The van der Waals surface area contributed by atoms with Crippen LogP contribution in [-0.2, 0) is 17.6 Å². The number of hydrogen-bond donors (Lipinski definition) is 0. The Morgan fingerprint density at radius 1 is 1.17 bits per heavy atom. The first-order valence-electron chi connectivity index (χ1n) is 9.34. The van der Waals surface area contributed by atoms with E-state index in [9.17, 15) is 4.79 Å². The van der Waals surface area contributed by atoms with Crippen LogP contribution in [0.4, 0.5) is 0 Å². The molecule has 148 valence electrons. The number of carbonyl (C=O) groups is 1. The standard InChI is InChI=1S/C21H20ClN5OS/c1-12(2)19-15(11-23-21-20(19)26-13(3)29-21)10-17(28)9-14-8-16(22)4-5-18(14)27-24-6-7-25-27/h4-8,11-12H,9-10H2,1-3H3. The Balaban J connectivity index is 1.65. The Morgan fingerprint density at radius 2 is 1.90 bits per heavy atom. The number of halogens is 1. The number of aromatic nitrogens is 5. The van der Waals surface area contributed by atoms with Crippen LogP contribution in [0.1, 0.15) is 41.5 Å². The zero-order valence-corrected chi connectivity index (χ0v) is 18.0. The molecule has 0 bridgehead atoms. The SMILES string of the molecule is Cc1nc2c(C(C)C)c(CC(=O)Cc3cc(Cl)ccc3-n3nccn3)cnc2s1. The lowest BCUT2D eigenvalue weighted by Crippen LogP contribution is -2.12. The van der Waals surface area contributed by atoms with E-state index < -0.39 is 0 Å². The van der Waals surface area contributed by atoms with Crippen molar-refractivity contribution in [2.45, 2.75) is 39.5 Å². The Labute approximate surface area is 177 Å². The van der Waals surface area contributed by atoms with Gasteiger partial charge in [-0.05, 0) is 47.7 Å². The molecule has 0 saturated carbocycles. The number of aryl methyl sites for hydroxylation is 1. The molecular weight excluding hydrogens is 406 g/mol. The van der Waals surface area contributed by atoms with E-state index in [2.05, 4.69) is 34.0 Å². The smallest absolute Gasteiger partial charge is 0.143 e. The summed E-state index contributed by atoms with van der Waals surface area (Å²) < 4.78 is 0. The molecule has 0 saturated heterocycles. The first-order valence-corrected chi connectivity index (χ1v) is 10.5. The predicted molar refractivity (Wildman–Crippen MR) is 115 cm³/mol. The third-order valence-electron chi connectivity index (χ3n) is 4.68. The molecule has 0 atom stereocenters. The first-order chi connectivity index (χ1) is 13.9. The fraction of sp³-hybridized carbons (Fsp3) is 0.286. The highest BCUT2D eigenvalue weighted by Crippen LogP contribution is 2.31. The van der Waals surface area contributed by atoms with Crippen molar-refractivity contribution in [1.29, 1.82) is 0 Å². The van der Waals surface area contributed by atoms with Crippen molar-refractivity contribution >= 4 is 39.1 Å². The van der Waals surface area contributed by atoms with Crippen LogP contribution < -0.4 is 0 Å². The second-order valence-corrected chi connectivity index (χ2v) is 8.84. The van der Waals surface area contributed by atoms with Gasteiger partial charge in [0.1, 0.15) is 16.1 Å². The number of fused-ring (bicyclic) bond motifs is 1. The Bertz CT molecular complexity index is 1180. The van der Waals surface area contributed by atoms with Crippen molar-refractivity contribution in [3.8, 4) is 5.69 Å². The minimum Gasteiger partial charge on any atom is -0.299 e. The highest BCUT2D eigenvalue weighted by Gasteiger charge is 2.19. The quantitative estimate of drug-likeness (QED) is 0.447. The zero-order valence-electron chi connectivity index (χ0n) is 16.4. The van der Waals surface area contributed by atoms with Gasteiger partial charge in [-0.1, -0.05) is 36.8 Å². The van der Waals surface area contributed by atoms with Crippen molar-refractivity contribution in [2.75, 3.05) is 0 Å². The van der Waals surface area contributed by atoms with Crippen LogP contribution in [0, 0.1) is 6.92 Å². The number of carbonyl (C=O) groups excluding carboxylic acids is 1. The van der Waals surface area contributed by atoms with E-state index in [1.54, 1.807) is 35.9 Å². The minimum absolute atomic E-state index is 0.0793. The van der Waals surface area contributed by atoms with Crippen molar-refractivity contribution in [3.05, 3.63) is 63.5 Å². The fourth-order valence-electron chi connectivity index (χ4n) is 3.54. The number of hydrogen-bond acceptors (Lipinski definition) is 6. The van der Waals surface area contributed by atoms with Gasteiger partial charge in [-0.25, -0.2) is 9.97 Å². The number of benzene rings is 1. The summed E-state index contributed by atoms with van der Waals surface area (Å²) >= 11 is 7.76. The zero-order chi connectivity index (χ0) is 20.5. The summed E-state index contributed by atoms with van der Waals surface area (Å²) in [6.07, 6.45) is 5.56. The van der Waals surface area contributed by atoms with E-state index >= 15 is 0 Å². The Kier molecular flexibility index (Phi) is 5.43. The number of nitrogens with zero attached hydrogens (tertiary/aromatic N) is 5. The topological polar surface area (TPSA) is 73.6 Å². The minimum atomic E-state index is 0.0793. The van der Waals surface area contributed by atoms with Gasteiger partial charge in [0.15, 0.2) is 0 Å². The molecule has 3 aromatic heterocycles. The Morgan fingerprint density at radius 3 is 2.62 bits per heavy atom. The molecule has 29 heavy (non-hydrogen) atoms. The van der Waals surface area contributed by atoms with Gasteiger partial charge in [-0.15, -0.1) is 0 Å². The summed E-state index contributed by atoms with van der Waals surface area (Å²) in [6.45, 7) is 6.22. The van der Waals surface area contributed by atoms with E-state index in [1.807, 2.05) is 19.2 Å². The lowest BCUT2D eigenvalue weighted by molar-refractivity contribution is -0.117. The molecule has 0 radical (unpaired) electrons. The van der Waals surface area contributed by atoms with Crippen LogP contribution in [0.15, 0.2) is 36.8 Å². The molecule has 4 rings (SSSR count). The van der Waals surface area contributed by atoms with Crippen molar-refractivity contribution < 1.29 is 4.79 Å². The van der Waals surface area contributed by atoms with Gasteiger partial charge in [0, 0.05) is 24.1 Å². The van der Waals surface area contributed by atoms with Crippen LogP contribution in [0.25, 0.3) is 16.0 Å². The van der Waals surface area contributed by atoms with E-state index in [-0.39, 0.29) is 18.1 Å². The third kappa shape index (κ3) is 4.06. The molecule has 0 fully saturated rings. The average Bonchev–Trinajstić information content (AvgIpc) is 3.30. The summed E-state index contributed by atoms with van der Waals surface area (Å²) in [7, 11) is 0. The van der Waals surface area contributed by atoms with Gasteiger partial charge < -0.3 is 0 Å². The van der Waals surface area contributed by atoms with E-state index in [4.69, 9.17) is 11.6 Å². The van der Waals surface area contributed by atoms with Gasteiger partial charge in [0.05, 0.1) is 23.1 Å². The molecule has 0 unspecified atom stereocenters. The molecule has 0 aliphatic rings. The molecule has 0 spiro atoms. The van der Waals surface area contributed by atoms with Gasteiger partial charge >= 0.3 is 0 Å². The van der Waals surface area contributed by atoms with Gasteiger partial charge in [-0.2, -0.15) is 15.0 Å². The largest absolute Gasteiger partial charge is 0.299 e. The molecule has 6 nitrogen and oxygen atoms in total. The second kappa shape index (κ2) is 8.00. The molecule has 0 N–H and O–H groups in total. The number of pyridine rings is 1. The van der Waals surface area contributed by atoms with Crippen molar-refractivity contribution in [1.82, 2.24) is 25.0 Å². The maximum Gasteiger partial charge on any atom is 0.143 e. The first kappa shape index (κ1) is 19.7. The molecule has 4 aromatic rings. The lowest BCUT2D eigenvalue weighted by atomic mass is 9.93. The van der Waals surface area contributed by atoms with Crippen molar-refractivity contribution in [3.63, 3.8) is 0 Å². The summed E-state index contributed by atoms with van der Waals surface area (Å²) in [5.74, 6) is 0.329. The molecule has 3 heterocycles. The molecule has 1 aromatic carbocycles. The predicted octanol–water partition coefficient (Wildman–Crippen LogP) is 4.71. The van der Waals surface area contributed by atoms with E-state index in [1.165, 1.54) is 4.80 Å². The summed E-state index contributed by atoms with van der Waals surface area (Å²) in [5, 5.41) is 9.91. The second-order valence-electron chi connectivity index (χ2n) is 7.22. The van der Waals surface area contributed by atoms with Crippen LogP contribution in [0.2, 0.25) is 5.02 Å². The van der Waals surface area contributed by atoms with Crippen molar-refractivity contribution in [2.24, 2.45) is 0 Å². The average molecular weight is 426 g/mol. The molecule has 0 aliphatic heterocycles. The number of Topliss-reactive ketones (excluding diaryl/α,β-unsaturated/α-hetero) is 1. The van der Waals surface area contributed by atoms with Gasteiger partial charge in [0.2, 0.25) is 0 Å². The van der Waals surface area contributed by atoms with Crippen LogP contribution >= 0.6 is 22.9 Å². The Hall–Kier alpha value is -2.64. The number of thiazole rings is 1. The number of rotatable bonds is 6. The maximum atomic E-state index is 13.0. The summed E-state index contributed by atoms with van der Waals surface area (Å²) in [6, 6.07) is 5.40. The molecule has 8 heteroatoms. The highest BCUT2D eigenvalue weighted by atomic mass is 35.5. The fourth-order valence-corrected chi connectivity index (χ4v) is 4.51. The lowest BCUT2D eigenvalue weighted by Gasteiger charge is -2.13. The van der Waals surface area contributed by atoms with Crippen LogP contribution in [0.3, 0.4) is 0 Å². The normalized spacial score (nSPS) is 11.5. The van der Waals surface area contributed by atoms with E-state index in [0.29, 0.717) is 11.4 Å². The molecule has 0 aliphatic carbocycles. The maximum absolute atomic E-state index is 13.0. The molecule has 0 amide bonds. The van der Waals surface area contributed by atoms with E-state index in [0.717, 1.165) is 37.7 Å².